The zero-order chi connectivity index (χ0) is 32.1. The zero-order valence-corrected chi connectivity index (χ0v) is 26.4. The minimum atomic E-state index is -4.83. The van der Waals surface area contributed by atoms with Crippen LogP contribution in [-0.2, 0) is 32.3 Å². The summed E-state index contributed by atoms with van der Waals surface area (Å²) in [5.41, 5.74) is -1.33. The van der Waals surface area contributed by atoms with Crippen LogP contribution < -0.4 is 9.62 Å². The largest absolute Gasteiger partial charge is 0.416 e. The lowest BCUT2D eigenvalue weighted by Crippen LogP contribution is -2.51. The fraction of sp³-hybridized carbons (Fsp3) is 0.310. The molecule has 1 N–H and O–H groups in total. The standard InChI is InChI=1S/C29H29Cl3F3N3O4S/c1-18(2)15-36-28(40)19(3)37(16-20-9-11-22(30)14-25(20)32)27(39)17-38(43(41,42)23-7-5-4-6-8-23)26-13-21(29(33,34)35)10-12-24(26)31/h4-14,18-19H,15-17H2,1-3H3,(H,36,40)/t19-/m1/s1. The van der Waals surface area contributed by atoms with Gasteiger partial charge in [0, 0.05) is 23.1 Å². The van der Waals surface area contributed by atoms with E-state index in [4.69, 9.17) is 34.8 Å². The van der Waals surface area contributed by atoms with Crippen molar-refractivity contribution in [3.05, 3.63) is 92.9 Å². The maximum Gasteiger partial charge on any atom is 0.416 e. The molecule has 1 atom stereocenters. The van der Waals surface area contributed by atoms with Gasteiger partial charge in [-0.15, -0.1) is 0 Å². The SMILES string of the molecule is CC(C)CNC(=O)[C@@H](C)N(Cc1ccc(Cl)cc1Cl)C(=O)CN(c1cc(C(F)(F)F)ccc1Cl)S(=O)(=O)c1ccccc1. The van der Waals surface area contributed by atoms with Crippen LogP contribution in [0, 0.1) is 5.92 Å². The van der Waals surface area contributed by atoms with E-state index in [2.05, 4.69) is 5.32 Å². The number of benzene rings is 3. The molecule has 0 radical (unpaired) electrons. The number of carbonyl (C=O) groups is 2. The molecule has 2 amide bonds. The number of nitrogens with one attached hydrogen (secondary N) is 1. The lowest BCUT2D eigenvalue weighted by Gasteiger charge is -2.32. The van der Waals surface area contributed by atoms with Gasteiger partial charge in [-0.05, 0) is 60.9 Å². The van der Waals surface area contributed by atoms with E-state index in [1.54, 1.807) is 12.1 Å². The summed E-state index contributed by atoms with van der Waals surface area (Å²) in [5.74, 6) is -1.33. The molecule has 3 aromatic rings. The molecule has 7 nitrogen and oxygen atoms in total. The van der Waals surface area contributed by atoms with Gasteiger partial charge < -0.3 is 10.2 Å². The number of rotatable bonds is 11. The third-order valence-electron chi connectivity index (χ3n) is 6.36. The molecule has 232 valence electrons. The molecule has 0 aliphatic heterocycles. The van der Waals surface area contributed by atoms with Crippen LogP contribution >= 0.6 is 34.8 Å². The molecule has 0 heterocycles. The Kier molecular flexibility index (Phi) is 11.4. The second-order valence-electron chi connectivity index (χ2n) is 10.1. The predicted molar refractivity (Wildman–Crippen MR) is 162 cm³/mol. The van der Waals surface area contributed by atoms with E-state index in [0.29, 0.717) is 33.6 Å². The van der Waals surface area contributed by atoms with Crippen molar-refractivity contribution >= 4 is 62.3 Å². The summed E-state index contributed by atoms with van der Waals surface area (Å²) >= 11 is 18.6. The third-order valence-corrected chi connectivity index (χ3v) is 9.04. The minimum absolute atomic E-state index is 0.0977. The molecular formula is C29H29Cl3F3N3O4S. The van der Waals surface area contributed by atoms with E-state index < -0.39 is 51.9 Å². The Morgan fingerprint density at radius 1 is 0.907 bits per heavy atom. The van der Waals surface area contributed by atoms with E-state index >= 15 is 0 Å². The monoisotopic (exact) mass is 677 g/mol. The highest BCUT2D eigenvalue weighted by Gasteiger charge is 2.36. The van der Waals surface area contributed by atoms with Gasteiger partial charge in [-0.25, -0.2) is 8.42 Å². The second kappa shape index (κ2) is 14.2. The number of halogens is 6. The third kappa shape index (κ3) is 8.78. The summed E-state index contributed by atoms with van der Waals surface area (Å²) in [7, 11) is -4.63. The number of carbonyl (C=O) groups excluding carboxylic acids is 2. The molecule has 43 heavy (non-hydrogen) atoms. The Bertz CT molecular complexity index is 1570. The molecule has 14 heteroatoms. The number of alkyl halides is 3. The first-order chi connectivity index (χ1) is 20.0. The molecule has 0 unspecified atom stereocenters. The summed E-state index contributed by atoms with van der Waals surface area (Å²) < 4.78 is 69.1. The van der Waals surface area contributed by atoms with Gasteiger partial charge in [-0.3, -0.25) is 13.9 Å². The summed E-state index contributed by atoms with van der Waals surface area (Å²) in [6, 6.07) is 12.5. The van der Waals surface area contributed by atoms with Gasteiger partial charge in [0.25, 0.3) is 10.0 Å². The molecule has 0 aliphatic rings. The van der Waals surface area contributed by atoms with Crippen molar-refractivity contribution in [1.29, 1.82) is 0 Å². The number of sulfonamides is 1. The van der Waals surface area contributed by atoms with Crippen molar-refractivity contribution in [2.24, 2.45) is 5.92 Å². The van der Waals surface area contributed by atoms with Crippen LogP contribution in [0.3, 0.4) is 0 Å². The molecular weight excluding hydrogens is 650 g/mol. The first kappa shape index (κ1) is 34.5. The predicted octanol–water partition coefficient (Wildman–Crippen LogP) is 7.05. The van der Waals surface area contributed by atoms with Gasteiger partial charge in [0.1, 0.15) is 12.6 Å². The zero-order valence-electron chi connectivity index (χ0n) is 23.3. The number of amides is 2. The van der Waals surface area contributed by atoms with E-state index in [1.165, 1.54) is 43.3 Å². The lowest BCUT2D eigenvalue weighted by molar-refractivity contribution is -0.139. The maximum atomic E-state index is 14.0. The van der Waals surface area contributed by atoms with Crippen LogP contribution in [0.15, 0.2) is 71.6 Å². The van der Waals surface area contributed by atoms with Crippen LogP contribution in [0.4, 0.5) is 18.9 Å². The average Bonchev–Trinajstić information content (AvgIpc) is 2.94. The molecule has 0 aromatic heterocycles. The fourth-order valence-electron chi connectivity index (χ4n) is 3.98. The summed E-state index contributed by atoms with van der Waals surface area (Å²) in [5, 5.41) is 2.92. The highest BCUT2D eigenvalue weighted by Crippen LogP contribution is 2.37. The molecule has 0 spiro atoms. The molecule has 0 saturated carbocycles. The van der Waals surface area contributed by atoms with Crippen molar-refractivity contribution in [2.75, 3.05) is 17.4 Å². The smallest absolute Gasteiger partial charge is 0.354 e. The molecule has 0 saturated heterocycles. The molecule has 0 fully saturated rings. The van der Waals surface area contributed by atoms with Gasteiger partial charge in [-0.1, -0.05) is 72.9 Å². The van der Waals surface area contributed by atoms with Crippen molar-refractivity contribution in [1.82, 2.24) is 10.2 Å². The molecule has 0 aliphatic carbocycles. The van der Waals surface area contributed by atoms with Crippen LogP contribution in [-0.4, -0.2) is 44.3 Å². The average molecular weight is 679 g/mol. The molecule has 3 aromatic carbocycles. The van der Waals surface area contributed by atoms with Crippen molar-refractivity contribution in [3.63, 3.8) is 0 Å². The summed E-state index contributed by atoms with van der Waals surface area (Å²) in [6.07, 6.45) is -4.83. The summed E-state index contributed by atoms with van der Waals surface area (Å²) in [4.78, 5) is 27.9. The normalized spacial score (nSPS) is 12.6. The Morgan fingerprint density at radius 2 is 1.56 bits per heavy atom. The molecule has 3 rings (SSSR count). The van der Waals surface area contributed by atoms with Gasteiger partial charge in [-0.2, -0.15) is 13.2 Å². The van der Waals surface area contributed by atoms with Crippen LogP contribution in [0.2, 0.25) is 15.1 Å². The molecule has 0 bridgehead atoms. The van der Waals surface area contributed by atoms with Crippen LogP contribution in [0.1, 0.15) is 31.9 Å². The van der Waals surface area contributed by atoms with Crippen molar-refractivity contribution in [2.45, 2.75) is 44.4 Å². The number of hydrogen-bond acceptors (Lipinski definition) is 4. The Labute approximate surface area is 263 Å². The van der Waals surface area contributed by atoms with Gasteiger partial charge in [0.2, 0.25) is 11.8 Å². The maximum absolute atomic E-state index is 14.0. The number of nitrogens with zero attached hydrogens (tertiary/aromatic N) is 2. The van der Waals surface area contributed by atoms with E-state index in [9.17, 15) is 31.2 Å². The Balaban J connectivity index is 2.13. The highest BCUT2D eigenvalue weighted by atomic mass is 35.5. The second-order valence-corrected chi connectivity index (χ2v) is 13.2. The van der Waals surface area contributed by atoms with Crippen molar-refractivity contribution < 1.29 is 31.2 Å². The van der Waals surface area contributed by atoms with Gasteiger partial charge >= 0.3 is 6.18 Å². The summed E-state index contributed by atoms with van der Waals surface area (Å²) in [6.45, 7) is 4.30. The topological polar surface area (TPSA) is 86.8 Å². The first-order valence-corrected chi connectivity index (χ1v) is 15.6. The fourth-order valence-corrected chi connectivity index (χ4v) is 6.17. The quantitative estimate of drug-likeness (QED) is 0.236. The number of anilines is 1. The van der Waals surface area contributed by atoms with Gasteiger partial charge in [0.15, 0.2) is 0 Å². The minimum Gasteiger partial charge on any atom is -0.354 e. The first-order valence-electron chi connectivity index (χ1n) is 13.0. The van der Waals surface area contributed by atoms with Crippen molar-refractivity contribution in [3.8, 4) is 0 Å². The van der Waals surface area contributed by atoms with E-state index in [0.717, 1.165) is 11.0 Å². The Morgan fingerprint density at radius 3 is 2.14 bits per heavy atom. The highest BCUT2D eigenvalue weighted by molar-refractivity contribution is 7.92. The van der Waals surface area contributed by atoms with Crippen LogP contribution in [0.5, 0.6) is 0 Å². The van der Waals surface area contributed by atoms with Gasteiger partial charge in [0.05, 0.1) is 21.2 Å². The Hall–Kier alpha value is -2.99. The van der Waals surface area contributed by atoms with Crippen LogP contribution in [0.25, 0.3) is 0 Å². The lowest BCUT2D eigenvalue weighted by atomic mass is 10.1. The van der Waals surface area contributed by atoms with E-state index in [-0.39, 0.29) is 27.4 Å². The number of hydrogen-bond donors (Lipinski definition) is 1. The van der Waals surface area contributed by atoms with E-state index in [1.807, 2.05) is 13.8 Å².